The molecule has 0 unspecified atom stereocenters. The van der Waals surface area contributed by atoms with E-state index in [1.165, 1.54) is 0 Å². The van der Waals surface area contributed by atoms with E-state index in [4.69, 9.17) is 4.74 Å². The molecule has 1 fully saturated rings. The smallest absolute Gasteiger partial charge is 0.257 e. The molecule has 1 aromatic carbocycles. The topological polar surface area (TPSA) is 67.7 Å². The number of para-hydroxylation sites is 1. The van der Waals surface area contributed by atoms with E-state index in [1.54, 1.807) is 22.0 Å². The standard InChI is InChI=1S/C26H36N4O3/c1-28-16-10-4-3-5-11-17-30(25(31)20-18-27-29(2)19-20)22-13-7-9-15-24(22)33-23-14-8-6-12-21(23)26(28)32/h6,8,12,14,18-19,22,24H,3-5,7,9-11,13,15-17H2,1-2H3/t22-,24+/m1/s1. The van der Waals surface area contributed by atoms with Gasteiger partial charge in [-0.3, -0.25) is 14.3 Å². The number of aryl methyl sites for hydroxylation is 1. The fourth-order valence-corrected chi connectivity index (χ4v) is 5.06. The van der Waals surface area contributed by atoms with Crippen molar-refractivity contribution in [2.75, 3.05) is 20.1 Å². The number of hydrogen-bond acceptors (Lipinski definition) is 4. The Hall–Kier alpha value is -2.83. The van der Waals surface area contributed by atoms with Gasteiger partial charge in [0.05, 0.1) is 23.4 Å². The van der Waals surface area contributed by atoms with Crippen LogP contribution in [0.5, 0.6) is 5.75 Å². The minimum absolute atomic E-state index is 0.00359. The minimum atomic E-state index is -0.135. The molecule has 2 amide bonds. The number of fused-ring (bicyclic) bond motifs is 2. The quantitative estimate of drug-likeness (QED) is 0.647. The molecule has 0 radical (unpaired) electrons. The minimum Gasteiger partial charge on any atom is -0.487 e. The molecule has 7 nitrogen and oxygen atoms in total. The molecular weight excluding hydrogens is 416 g/mol. The lowest BCUT2D eigenvalue weighted by atomic mass is 9.90. The van der Waals surface area contributed by atoms with Crippen LogP contribution in [-0.4, -0.2) is 63.7 Å². The third-order valence-corrected chi connectivity index (χ3v) is 6.92. The number of hydrogen-bond donors (Lipinski definition) is 0. The molecule has 1 aromatic heterocycles. The van der Waals surface area contributed by atoms with E-state index >= 15 is 0 Å². The SMILES string of the molecule is CN1CCCCCCCN(C(=O)c2cnn(C)c2)[C@@H]2CCCC[C@@H]2Oc2ccccc2C1=O. The average molecular weight is 453 g/mol. The Balaban J connectivity index is 1.66. The summed E-state index contributed by atoms with van der Waals surface area (Å²) in [4.78, 5) is 30.6. The zero-order valence-electron chi connectivity index (χ0n) is 19.9. The monoisotopic (exact) mass is 452 g/mol. The summed E-state index contributed by atoms with van der Waals surface area (Å²) < 4.78 is 8.23. The Labute approximate surface area is 196 Å². The summed E-state index contributed by atoms with van der Waals surface area (Å²) in [5.41, 5.74) is 1.22. The molecule has 0 bridgehead atoms. The van der Waals surface area contributed by atoms with Crippen molar-refractivity contribution in [3.63, 3.8) is 0 Å². The van der Waals surface area contributed by atoms with Crippen LogP contribution in [-0.2, 0) is 7.05 Å². The predicted molar refractivity (Wildman–Crippen MR) is 127 cm³/mol. The third-order valence-electron chi connectivity index (χ3n) is 6.92. The second-order valence-electron chi connectivity index (χ2n) is 9.40. The summed E-state index contributed by atoms with van der Waals surface area (Å²) in [6, 6.07) is 7.52. The molecule has 2 atom stereocenters. The Morgan fingerprint density at radius 2 is 1.70 bits per heavy atom. The lowest BCUT2D eigenvalue weighted by molar-refractivity contribution is 0.0270. The van der Waals surface area contributed by atoms with Gasteiger partial charge in [-0.25, -0.2) is 0 Å². The Morgan fingerprint density at radius 1 is 0.970 bits per heavy atom. The Kier molecular flexibility index (Phi) is 7.68. The molecule has 0 N–H and O–H groups in total. The highest BCUT2D eigenvalue weighted by Gasteiger charge is 2.35. The highest BCUT2D eigenvalue weighted by Crippen LogP contribution is 2.31. The highest BCUT2D eigenvalue weighted by molar-refractivity contribution is 5.97. The number of nitrogens with zero attached hydrogens (tertiary/aromatic N) is 4. The Morgan fingerprint density at radius 3 is 2.48 bits per heavy atom. The number of amides is 2. The summed E-state index contributed by atoms with van der Waals surface area (Å²) in [5, 5.41) is 4.21. The number of aromatic nitrogens is 2. The van der Waals surface area contributed by atoms with Crippen LogP contribution in [0.3, 0.4) is 0 Å². The number of benzene rings is 1. The number of carbonyl (C=O) groups excluding carboxylic acids is 2. The first-order valence-corrected chi connectivity index (χ1v) is 12.4. The molecule has 2 aromatic rings. The van der Waals surface area contributed by atoms with Gasteiger partial charge in [0.1, 0.15) is 11.9 Å². The van der Waals surface area contributed by atoms with Crippen LogP contribution < -0.4 is 4.74 Å². The van der Waals surface area contributed by atoms with Crippen molar-refractivity contribution < 1.29 is 14.3 Å². The van der Waals surface area contributed by atoms with Crippen molar-refractivity contribution >= 4 is 11.8 Å². The van der Waals surface area contributed by atoms with E-state index in [0.717, 1.165) is 70.9 Å². The van der Waals surface area contributed by atoms with Gasteiger partial charge < -0.3 is 14.5 Å². The number of ether oxygens (including phenoxy) is 1. The van der Waals surface area contributed by atoms with Crippen LogP contribution >= 0.6 is 0 Å². The summed E-state index contributed by atoms with van der Waals surface area (Å²) >= 11 is 0. The van der Waals surface area contributed by atoms with Crippen LogP contribution in [0.1, 0.15) is 78.5 Å². The first kappa shape index (κ1) is 23.3. The van der Waals surface area contributed by atoms with Gasteiger partial charge in [-0.1, -0.05) is 37.8 Å². The molecule has 0 saturated heterocycles. The van der Waals surface area contributed by atoms with E-state index in [2.05, 4.69) is 5.10 Å². The van der Waals surface area contributed by atoms with Crippen LogP contribution in [0, 0.1) is 0 Å². The van der Waals surface area contributed by atoms with Gasteiger partial charge >= 0.3 is 0 Å². The first-order valence-electron chi connectivity index (χ1n) is 12.4. The molecule has 2 heterocycles. The van der Waals surface area contributed by atoms with Crippen molar-refractivity contribution in [3.05, 3.63) is 47.8 Å². The van der Waals surface area contributed by atoms with Crippen LogP contribution in [0.15, 0.2) is 36.7 Å². The highest BCUT2D eigenvalue weighted by atomic mass is 16.5. The molecule has 1 aliphatic heterocycles. The van der Waals surface area contributed by atoms with Gasteiger partial charge in [0.2, 0.25) is 0 Å². The molecule has 1 saturated carbocycles. The molecule has 33 heavy (non-hydrogen) atoms. The fraction of sp³-hybridized carbons (Fsp3) is 0.577. The van der Waals surface area contributed by atoms with Crippen molar-refractivity contribution in [2.24, 2.45) is 7.05 Å². The normalized spacial score (nSPS) is 23.0. The maximum Gasteiger partial charge on any atom is 0.257 e. The summed E-state index contributed by atoms with van der Waals surface area (Å²) in [5.74, 6) is 0.642. The van der Waals surface area contributed by atoms with Crippen molar-refractivity contribution in [2.45, 2.75) is 69.9 Å². The van der Waals surface area contributed by atoms with Gasteiger partial charge in [0, 0.05) is 33.4 Å². The van der Waals surface area contributed by atoms with E-state index < -0.39 is 0 Å². The van der Waals surface area contributed by atoms with E-state index in [-0.39, 0.29) is 24.0 Å². The fourth-order valence-electron chi connectivity index (χ4n) is 5.06. The maximum atomic E-state index is 13.6. The van der Waals surface area contributed by atoms with Crippen LogP contribution in [0.25, 0.3) is 0 Å². The zero-order chi connectivity index (χ0) is 23.2. The lowest BCUT2D eigenvalue weighted by Crippen LogP contribution is -2.51. The summed E-state index contributed by atoms with van der Waals surface area (Å²) in [6.07, 6.45) is 12.5. The van der Waals surface area contributed by atoms with Crippen molar-refractivity contribution in [1.29, 1.82) is 0 Å². The largest absolute Gasteiger partial charge is 0.487 e. The van der Waals surface area contributed by atoms with Gasteiger partial charge in [0.15, 0.2) is 0 Å². The third kappa shape index (κ3) is 5.57. The van der Waals surface area contributed by atoms with Crippen molar-refractivity contribution in [1.82, 2.24) is 19.6 Å². The average Bonchev–Trinajstić information content (AvgIpc) is 3.26. The van der Waals surface area contributed by atoms with Crippen LogP contribution in [0.2, 0.25) is 0 Å². The van der Waals surface area contributed by atoms with E-state index in [9.17, 15) is 9.59 Å². The van der Waals surface area contributed by atoms with E-state index in [0.29, 0.717) is 16.9 Å². The molecule has 1 aliphatic carbocycles. The molecule has 178 valence electrons. The van der Waals surface area contributed by atoms with E-state index in [1.807, 2.05) is 43.3 Å². The number of carbonyl (C=O) groups is 2. The summed E-state index contributed by atoms with van der Waals surface area (Å²) in [6.45, 7) is 1.46. The maximum absolute atomic E-state index is 13.6. The molecular formula is C26H36N4O3. The number of rotatable bonds is 1. The van der Waals surface area contributed by atoms with Gasteiger partial charge in [-0.2, -0.15) is 5.10 Å². The van der Waals surface area contributed by atoms with Gasteiger partial charge in [-0.05, 0) is 44.2 Å². The van der Waals surface area contributed by atoms with Gasteiger partial charge in [0.25, 0.3) is 11.8 Å². The molecule has 0 spiro atoms. The van der Waals surface area contributed by atoms with Crippen molar-refractivity contribution in [3.8, 4) is 5.75 Å². The lowest BCUT2D eigenvalue weighted by Gasteiger charge is -2.40. The van der Waals surface area contributed by atoms with Gasteiger partial charge in [-0.15, -0.1) is 0 Å². The molecule has 4 rings (SSSR count). The first-order chi connectivity index (χ1) is 16.0. The van der Waals surface area contributed by atoms with Crippen LogP contribution in [0.4, 0.5) is 0 Å². The second-order valence-corrected chi connectivity index (χ2v) is 9.40. The zero-order valence-corrected chi connectivity index (χ0v) is 19.9. The Bertz CT molecular complexity index is 957. The molecule has 7 heteroatoms. The summed E-state index contributed by atoms with van der Waals surface area (Å²) in [7, 11) is 3.70. The second kappa shape index (κ2) is 10.9. The molecule has 2 aliphatic rings. The predicted octanol–water partition coefficient (Wildman–Crippen LogP) is 4.29.